The van der Waals surface area contributed by atoms with Crippen molar-refractivity contribution in [3.63, 3.8) is 0 Å². The fourth-order valence-electron chi connectivity index (χ4n) is 4.34. The molecule has 1 N–H and O–H groups in total. The number of rotatable bonds is 6. The van der Waals surface area contributed by atoms with Crippen molar-refractivity contribution in [1.29, 1.82) is 5.26 Å². The van der Waals surface area contributed by atoms with Gasteiger partial charge >= 0.3 is 0 Å². The maximum atomic E-state index is 12.2. The SMILES string of the molecule is N#CC(c1cncc(-c2cnc3cnc(CC(=O)C4CC4)cc3c2)c1)N1CCC(O)CC1. The number of aliphatic hydroxyl groups is 1. The van der Waals surface area contributed by atoms with Gasteiger partial charge in [-0.3, -0.25) is 24.6 Å². The van der Waals surface area contributed by atoms with Gasteiger partial charge in [-0.25, -0.2) is 0 Å². The van der Waals surface area contributed by atoms with E-state index in [0.717, 1.165) is 46.1 Å². The molecule has 1 saturated carbocycles. The third-order valence-electron chi connectivity index (χ3n) is 6.41. The summed E-state index contributed by atoms with van der Waals surface area (Å²) in [6, 6.07) is 7.98. The number of aliphatic hydroxyl groups excluding tert-OH is 1. The molecule has 3 aromatic heterocycles. The van der Waals surface area contributed by atoms with E-state index in [1.807, 2.05) is 18.2 Å². The lowest BCUT2D eigenvalue weighted by atomic mass is 9.99. The Bertz CT molecular complexity index is 1190. The molecule has 3 aromatic rings. The Labute approximate surface area is 186 Å². The molecular formula is C25H25N5O2. The number of fused-ring (bicyclic) bond motifs is 1. The van der Waals surface area contributed by atoms with Crippen molar-refractivity contribution >= 4 is 16.7 Å². The highest BCUT2D eigenvalue weighted by Gasteiger charge is 2.29. The van der Waals surface area contributed by atoms with E-state index in [9.17, 15) is 15.2 Å². The number of hydrogen-bond acceptors (Lipinski definition) is 7. The van der Waals surface area contributed by atoms with Crippen LogP contribution in [0.3, 0.4) is 0 Å². The summed E-state index contributed by atoms with van der Waals surface area (Å²) in [6.07, 6.45) is 10.5. The minimum Gasteiger partial charge on any atom is -0.393 e. The van der Waals surface area contributed by atoms with E-state index in [2.05, 4.69) is 25.9 Å². The number of aromatic nitrogens is 3. The van der Waals surface area contributed by atoms with Crippen LogP contribution >= 0.6 is 0 Å². The number of likely N-dealkylation sites (tertiary alicyclic amines) is 1. The second-order valence-corrected chi connectivity index (χ2v) is 8.82. The molecule has 0 aromatic carbocycles. The summed E-state index contributed by atoms with van der Waals surface area (Å²) >= 11 is 0. The number of hydrogen-bond donors (Lipinski definition) is 1. The molecule has 1 atom stereocenters. The Balaban J connectivity index is 1.41. The van der Waals surface area contributed by atoms with E-state index < -0.39 is 6.04 Å². The molecule has 5 rings (SSSR count). The third kappa shape index (κ3) is 4.38. The van der Waals surface area contributed by atoms with Crippen molar-refractivity contribution in [1.82, 2.24) is 19.9 Å². The zero-order chi connectivity index (χ0) is 22.1. The van der Waals surface area contributed by atoms with Crippen LogP contribution in [0, 0.1) is 17.2 Å². The van der Waals surface area contributed by atoms with Crippen molar-refractivity contribution in [2.24, 2.45) is 5.92 Å². The zero-order valence-corrected chi connectivity index (χ0v) is 17.8. The largest absolute Gasteiger partial charge is 0.393 e. The Hall–Kier alpha value is -3.21. The van der Waals surface area contributed by atoms with Crippen LogP contribution in [0.2, 0.25) is 0 Å². The summed E-state index contributed by atoms with van der Waals surface area (Å²) < 4.78 is 0. The van der Waals surface area contributed by atoms with E-state index in [1.54, 1.807) is 24.8 Å². The second-order valence-electron chi connectivity index (χ2n) is 8.82. The normalized spacial score (nSPS) is 18.4. The highest BCUT2D eigenvalue weighted by Crippen LogP contribution is 2.31. The molecule has 162 valence electrons. The summed E-state index contributed by atoms with van der Waals surface area (Å²) in [5, 5.41) is 20.5. The van der Waals surface area contributed by atoms with E-state index in [1.165, 1.54) is 0 Å². The zero-order valence-electron chi connectivity index (χ0n) is 17.8. The topological polar surface area (TPSA) is 103 Å². The van der Waals surface area contributed by atoms with Gasteiger partial charge in [0.05, 0.1) is 23.9 Å². The molecule has 2 fully saturated rings. The molecule has 0 radical (unpaired) electrons. The maximum Gasteiger partial charge on any atom is 0.141 e. The first kappa shape index (κ1) is 20.7. The number of nitriles is 1. The second kappa shape index (κ2) is 8.73. The monoisotopic (exact) mass is 427 g/mol. The number of carbonyl (C=O) groups is 1. The molecule has 1 aliphatic carbocycles. The van der Waals surface area contributed by atoms with Crippen LogP contribution < -0.4 is 0 Å². The Kier molecular flexibility index (Phi) is 5.64. The number of carbonyl (C=O) groups excluding carboxylic acids is 1. The lowest BCUT2D eigenvalue weighted by Gasteiger charge is -2.32. The van der Waals surface area contributed by atoms with E-state index in [4.69, 9.17) is 0 Å². The van der Waals surface area contributed by atoms with E-state index in [-0.39, 0.29) is 17.8 Å². The maximum absolute atomic E-state index is 12.2. The Morgan fingerprint density at radius 2 is 1.84 bits per heavy atom. The molecule has 0 bridgehead atoms. The standard InChI is InChI=1S/C25H25N5O2/c26-11-24(30-5-3-22(31)4-6-30)20-8-18(12-27-13-20)19-7-17-9-21(10-25(32)16-1-2-16)28-15-23(17)29-14-19/h7-9,12-16,22,24,31H,1-6,10H2. The molecule has 1 aliphatic heterocycles. The minimum atomic E-state index is -0.396. The van der Waals surface area contributed by atoms with E-state index in [0.29, 0.717) is 32.4 Å². The van der Waals surface area contributed by atoms with Gasteiger partial charge in [0, 0.05) is 71.8 Å². The Morgan fingerprint density at radius 1 is 1.06 bits per heavy atom. The lowest BCUT2D eigenvalue weighted by Crippen LogP contribution is -2.38. The summed E-state index contributed by atoms with van der Waals surface area (Å²) in [5.74, 6) is 0.493. The van der Waals surface area contributed by atoms with Crippen LogP contribution in [0.15, 0.2) is 43.0 Å². The van der Waals surface area contributed by atoms with Gasteiger partial charge in [0.25, 0.3) is 0 Å². The number of pyridine rings is 3. The van der Waals surface area contributed by atoms with Gasteiger partial charge in [-0.15, -0.1) is 0 Å². The fraction of sp³-hybridized carbons (Fsp3) is 0.400. The Morgan fingerprint density at radius 3 is 2.59 bits per heavy atom. The molecule has 7 nitrogen and oxygen atoms in total. The highest BCUT2D eigenvalue weighted by molar-refractivity contribution is 5.87. The molecule has 7 heteroatoms. The molecule has 4 heterocycles. The predicted octanol–water partition coefficient (Wildman–Crippen LogP) is 3.23. The predicted molar refractivity (Wildman–Crippen MR) is 119 cm³/mol. The van der Waals surface area contributed by atoms with Crippen molar-refractivity contribution in [2.45, 2.75) is 44.2 Å². The van der Waals surface area contributed by atoms with Gasteiger partial charge in [-0.2, -0.15) is 5.26 Å². The van der Waals surface area contributed by atoms with Crippen molar-refractivity contribution < 1.29 is 9.90 Å². The number of piperidine rings is 1. The first-order chi connectivity index (χ1) is 15.6. The molecule has 1 unspecified atom stereocenters. The number of Topliss-reactive ketones (excluding diaryl/α,β-unsaturated/α-hetero) is 1. The van der Waals surface area contributed by atoms with Gasteiger partial charge in [-0.1, -0.05) is 0 Å². The molecular weight excluding hydrogens is 402 g/mol. The quantitative estimate of drug-likeness (QED) is 0.644. The van der Waals surface area contributed by atoms with Crippen LogP contribution in [0.1, 0.15) is 43.0 Å². The van der Waals surface area contributed by atoms with Crippen LogP contribution in [-0.2, 0) is 11.2 Å². The van der Waals surface area contributed by atoms with Gasteiger partial charge in [-0.05, 0) is 43.9 Å². The van der Waals surface area contributed by atoms with Crippen LogP contribution in [0.5, 0.6) is 0 Å². The molecule has 0 amide bonds. The average molecular weight is 428 g/mol. The average Bonchev–Trinajstić information content (AvgIpc) is 3.66. The number of ketones is 1. The van der Waals surface area contributed by atoms with Crippen molar-refractivity contribution in [2.75, 3.05) is 13.1 Å². The van der Waals surface area contributed by atoms with Crippen molar-refractivity contribution in [3.05, 3.63) is 54.2 Å². The van der Waals surface area contributed by atoms with Gasteiger partial charge in [0.1, 0.15) is 11.8 Å². The van der Waals surface area contributed by atoms with Gasteiger partial charge < -0.3 is 5.11 Å². The first-order valence-corrected chi connectivity index (χ1v) is 11.1. The van der Waals surface area contributed by atoms with Crippen LogP contribution in [0.25, 0.3) is 22.0 Å². The summed E-state index contributed by atoms with van der Waals surface area (Å²) in [4.78, 5) is 27.6. The highest BCUT2D eigenvalue weighted by atomic mass is 16.3. The third-order valence-corrected chi connectivity index (χ3v) is 6.41. The first-order valence-electron chi connectivity index (χ1n) is 11.1. The molecule has 2 aliphatic rings. The van der Waals surface area contributed by atoms with E-state index >= 15 is 0 Å². The van der Waals surface area contributed by atoms with Crippen LogP contribution in [-0.4, -0.2) is 49.9 Å². The van der Waals surface area contributed by atoms with Crippen molar-refractivity contribution in [3.8, 4) is 17.2 Å². The molecule has 32 heavy (non-hydrogen) atoms. The summed E-state index contributed by atoms with van der Waals surface area (Å²) in [6.45, 7) is 1.38. The van der Waals surface area contributed by atoms with Crippen LogP contribution in [0.4, 0.5) is 0 Å². The fourth-order valence-corrected chi connectivity index (χ4v) is 4.34. The molecule has 0 spiro atoms. The summed E-state index contributed by atoms with van der Waals surface area (Å²) in [5.41, 5.74) is 4.19. The molecule has 1 saturated heterocycles. The van der Waals surface area contributed by atoms with Gasteiger partial charge in [0.15, 0.2) is 0 Å². The summed E-state index contributed by atoms with van der Waals surface area (Å²) in [7, 11) is 0. The smallest absolute Gasteiger partial charge is 0.141 e. The minimum absolute atomic E-state index is 0.224. The van der Waals surface area contributed by atoms with Gasteiger partial charge in [0.2, 0.25) is 0 Å². The number of nitrogens with zero attached hydrogens (tertiary/aromatic N) is 5. The lowest BCUT2D eigenvalue weighted by molar-refractivity contribution is -0.119.